The van der Waals surface area contributed by atoms with E-state index < -0.39 is 10.1 Å². The average molecular weight is 402 g/mol. The van der Waals surface area contributed by atoms with Crippen LogP contribution in [0.4, 0.5) is 8.78 Å². The Kier molecular flexibility index (Phi) is 6.21. The first-order chi connectivity index (χ1) is 13.3. The van der Waals surface area contributed by atoms with Crippen molar-refractivity contribution in [3.05, 3.63) is 101 Å². The molecule has 0 bridgehead atoms. The highest BCUT2D eigenvalue weighted by molar-refractivity contribution is 7.86. The molecule has 0 spiro atoms. The van der Waals surface area contributed by atoms with E-state index in [9.17, 15) is 17.2 Å². The van der Waals surface area contributed by atoms with Crippen molar-refractivity contribution in [3.63, 3.8) is 0 Å². The highest BCUT2D eigenvalue weighted by Crippen LogP contribution is 2.29. The molecule has 3 rings (SSSR count). The first-order valence-electron chi connectivity index (χ1n) is 8.82. The molecule has 0 saturated carbocycles. The topological polar surface area (TPSA) is 43.4 Å². The molecule has 6 heteroatoms. The van der Waals surface area contributed by atoms with Gasteiger partial charge in [-0.1, -0.05) is 42.0 Å². The van der Waals surface area contributed by atoms with Gasteiger partial charge in [0, 0.05) is 5.92 Å². The maximum atomic E-state index is 13.3. The summed E-state index contributed by atoms with van der Waals surface area (Å²) in [5.74, 6) is -0.978. The average Bonchev–Trinajstić information content (AvgIpc) is 2.67. The lowest BCUT2D eigenvalue weighted by molar-refractivity contribution is 0.305. The molecule has 146 valence electrons. The molecule has 28 heavy (non-hydrogen) atoms. The second kappa shape index (κ2) is 8.63. The maximum absolute atomic E-state index is 13.3. The molecule has 3 aromatic carbocycles. The van der Waals surface area contributed by atoms with Gasteiger partial charge in [-0.2, -0.15) is 8.42 Å². The monoisotopic (exact) mass is 402 g/mol. The first kappa shape index (κ1) is 20.2. The lowest BCUT2D eigenvalue weighted by atomic mass is 9.89. The standard InChI is InChI=1S/C22H20F2O3S/c1-16-2-12-21(13-3-16)28(25,26)27-15-14-22(17-4-8-19(23)9-5-17)18-6-10-20(24)11-7-18/h2-13,22H,14-15H2,1H3. The van der Waals surface area contributed by atoms with Crippen LogP contribution in [0, 0.1) is 18.6 Å². The van der Waals surface area contributed by atoms with Crippen LogP contribution in [-0.4, -0.2) is 15.0 Å². The predicted molar refractivity (Wildman–Crippen MR) is 104 cm³/mol. The molecular weight excluding hydrogens is 382 g/mol. The van der Waals surface area contributed by atoms with Gasteiger partial charge in [0.25, 0.3) is 10.1 Å². The van der Waals surface area contributed by atoms with Crippen LogP contribution in [0.2, 0.25) is 0 Å². The van der Waals surface area contributed by atoms with Gasteiger partial charge in [0.05, 0.1) is 11.5 Å². The van der Waals surface area contributed by atoms with Crippen LogP contribution in [0.15, 0.2) is 77.7 Å². The van der Waals surface area contributed by atoms with Crippen molar-refractivity contribution >= 4 is 10.1 Å². The molecule has 0 heterocycles. The number of halogens is 2. The molecule has 0 aliphatic heterocycles. The molecule has 3 nitrogen and oxygen atoms in total. The molecule has 0 N–H and O–H groups in total. The lowest BCUT2D eigenvalue weighted by Crippen LogP contribution is -2.11. The summed E-state index contributed by atoms with van der Waals surface area (Å²) in [6, 6.07) is 18.3. The van der Waals surface area contributed by atoms with Gasteiger partial charge in [-0.3, -0.25) is 4.18 Å². The van der Waals surface area contributed by atoms with Crippen LogP contribution < -0.4 is 0 Å². The highest BCUT2D eigenvalue weighted by Gasteiger charge is 2.19. The maximum Gasteiger partial charge on any atom is 0.296 e. The van der Waals surface area contributed by atoms with E-state index in [4.69, 9.17) is 4.18 Å². The van der Waals surface area contributed by atoms with Crippen molar-refractivity contribution in [2.75, 3.05) is 6.61 Å². The van der Waals surface area contributed by atoms with E-state index in [0.29, 0.717) is 6.42 Å². The Morgan fingerprint density at radius 3 is 1.71 bits per heavy atom. The number of hydrogen-bond acceptors (Lipinski definition) is 3. The summed E-state index contributed by atoms with van der Waals surface area (Å²) < 4.78 is 56.5. The Bertz CT molecular complexity index is 967. The van der Waals surface area contributed by atoms with Gasteiger partial charge in [-0.05, 0) is 60.9 Å². The smallest absolute Gasteiger partial charge is 0.266 e. The summed E-state index contributed by atoms with van der Waals surface area (Å²) in [6.07, 6.45) is 0.336. The van der Waals surface area contributed by atoms with Crippen molar-refractivity contribution in [3.8, 4) is 0 Å². The van der Waals surface area contributed by atoms with Gasteiger partial charge in [0.2, 0.25) is 0 Å². The summed E-state index contributed by atoms with van der Waals surface area (Å²) in [6.45, 7) is 1.81. The Morgan fingerprint density at radius 2 is 1.25 bits per heavy atom. The molecule has 0 fully saturated rings. The van der Waals surface area contributed by atoms with Crippen molar-refractivity contribution in [2.24, 2.45) is 0 Å². The van der Waals surface area contributed by atoms with E-state index >= 15 is 0 Å². The third-order valence-corrected chi connectivity index (χ3v) is 5.83. The fourth-order valence-electron chi connectivity index (χ4n) is 2.96. The molecular formula is C22H20F2O3S. The van der Waals surface area contributed by atoms with Gasteiger partial charge in [0.15, 0.2) is 0 Å². The molecule has 0 aliphatic carbocycles. The van der Waals surface area contributed by atoms with Gasteiger partial charge < -0.3 is 0 Å². The van der Waals surface area contributed by atoms with Crippen LogP contribution in [0.3, 0.4) is 0 Å². The lowest BCUT2D eigenvalue weighted by Gasteiger charge is -2.18. The molecule has 0 radical (unpaired) electrons. The number of benzene rings is 3. The van der Waals surface area contributed by atoms with E-state index in [1.165, 1.54) is 36.4 Å². The van der Waals surface area contributed by atoms with E-state index in [-0.39, 0.29) is 29.1 Å². The molecule has 0 atom stereocenters. The zero-order valence-corrected chi connectivity index (χ0v) is 16.1. The van der Waals surface area contributed by atoms with E-state index in [1.54, 1.807) is 36.4 Å². The predicted octanol–water partition coefficient (Wildman–Crippen LogP) is 5.20. The minimum atomic E-state index is -3.87. The van der Waals surface area contributed by atoms with E-state index in [1.807, 2.05) is 6.92 Å². The second-order valence-electron chi connectivity index (χ2n) is 6.53. The van der Waals surface area contributed by atoms with Crippen molar-refractivity contribution in [1.82, 2.24) is 0 Å². The highest BCUT2D eigenvalue weighted by atomic mass is 32.2. The molecule has 0 saturated heterocycles. The molecule has 0 aliphatic rings. The van der Waals surface area contributed by atoms with Gasteiger partial charge in [0.1, 0.15) is 11.6 Å². The van der Waals surface area contributed by atoms with Crippen molar-refractivity contribution in [1.29, 1.82) is 0 Å². The SMILES string of the molecule is Cc1ccc(S(=O)(=O)OCCC(c2ccc(F)cc2)c2ccc(F)cc2)cc1. The Hall–Kier alpha value is -2.57. The van der Waals surface area contributed by atoms with Crippen molar-refractivity contribution < 1.29 is 21.4 Å². The number of rotatable bonds is 7. The minimum absolute atomic E-state index is 0.0599. The fraction of sp³-hybridized carbons (Fsp3) is 0.182. The third kappa shape index (κ3) is 5.03. The number of hydrogen-bond donors (Lipinski definition) is 0. The van der Waals surface area contributed by atoms with Crippen LogP contribution >= 0.6 is 0 Å². The zero-order valence-electron chi connectivity index (χ0n) is 15.3. The van der Waals surface area contributed by atoms with Crippen molar-refractivity contribution in [2.45, 2.75) is 24.2 Å². The van der Waals surface area contributed by atoms with E-state index in [2.05, 4.69) is 0 Å². The van der Waals surface area contributed by atoms with Crippen LogP contribution in [-0.2, 0) is 14.3 Å². The summed E-state index contributed by atoms with van der Waals surface area (Å²) in [7, 11) is -3.87. The fourth-order valence-corrected chi connectivity index (χ4v) is 3.89. The van der Waals surface area contributed by atoms with Gasteiger partial charge in [-0.15, -0.1) is 0 Å². The summed E-state index contributed by atoms with van der Waals surface area (Å²) >= 11 is 0. The van der Waals surface area contributed by atoms with Crippen LogP contribution in [0.1, 0.15) is 29.0 Å². The molecule has 0 aromatic heterocycles. The number of aryl methyl sites for hydroxylation is 1. The zero-order chi connectivity index (χ0) is 20.1. The van der Waals surface area contributed by atoms with Crippen LogP contribution in [0.5, 0.6) is 0 Å². The Morgan fingerprint density at radius 1 is 0.786 bits per heavy atom. The Labute approximate surface area is 163 Å². The largest absolute Gasteiger partial charge is 0.296 e. The third-order valence-electron chi connectivity index (χ3n) is 4.50. The van der Waals surface area contributed by atoms with Gasteiger partial charge >= 0.3 is 0 Å². The second-order valence-corrected chi connectivity index (χ2v) is 8.15. The van der Waals surface area contributed by atoms with Crippen LogP contribution in [0.25, 0.3) is 0 Å². The quantitative estimate of drug-likeness (QED) is 0.510. The summed E-state index contributed by atoms with van der Waals surface area (Å²) in [5, 5.41) is 0. The molecule has 3 aromatic rings. The normalized spacial score (nSPS) is 11.7. The summed E-state index contributed by atoms with van der Waals surface area (Å²) in [4.78, 5) is 0.0956. The molecule has 0 unspecified atom stereocenters. The Balaban J connectivity index is 1.77. The minimum Gasteiger partial charge on any atom is -0.266 e. The van der Waals surface area contributed by atoms with E-state index in [0.717, 1.165) is 16.7 Å². The molecule has 0 amide bonds. The van der Waals surface area contributed by atoms with Gasteiger partial charge in [-0.25, -0.2) is 8.78 Å². The first-order valence-corrected chi connectivity index (χ1v) is 10.2. The summed E-state index contributed by atoms with van der Waals surface area (Å²) in [5.41, 5.74) is 2.54.